The van der Waals surface area contributed by atoms with Gasteiger partial charge in [0.25, 0.3) is 11.4 Å². The van der Waals surface area contributed by atoms with Crippen molar-refractivity contribution in [2.45, 2.75) is 24.9 Å². The number of nitro benzene ring substituents is 2. The maximum absolute atomic E-state index is 11.0. The number of hydrogen-bond acceptors (Lipinski definition) is 9. The average molecular weight is 471 g/mol. The van der Waals surface area contributed by atoms with Gasteiger partial charge >= 0.3 is 11.9 Å². The third-order valence-corrected chi connectivity index (χ3v) is 4.03. The Labute approximate surface area is 188 Å². The lowest BCUT2D eigenvalue weighted by molar-refractivity contribution is -0.385. The number of methoxy groups -OCH3 is 1. The smallest absolute Gasteiger partial charge is 0.322 e. The highest BCUT2D eigenvalue weighted by Crippen LogP contribution is 2.13. The topological polar surface area (TPSA) is 202 Å². The molecule has 12 nitrogen and oxygen atoms in total. The van der Waals surface area contributed by atoms with Gasteiger partial charge in [0.2, 0.25) is 0 Å². The fourth-order valence-electron chi connectivity index (χ4n) is 2.34. The van der Waals surface area contributed by atoms with Crippen LogP contribution >= 0.6 is 12.4 Å². The van der Waals surface area contributed by atoms with E-state index in [2.05, 4.69) is 4.74 Å². The third-order valence-electron chi connectivity index (χ3n) is 4.03. The van der Waals surface area contributed by atoms with Gasteiger partial charge in [0.15, 0.2) is 0 Å². The van der Waals surface area contributed by atoms with Gasteiger partial charge in [0.05, 0.1) is 17.0 Å². The predicted molar refractivity (Wildman–Crippen MR) is 116 cm³/mol. The van der Waals surface area contributed by atoms with Crippen LogP contribution in [0, 0.1) is 20.2 Å². The maximum Gasteiger partial charge on any atom is 0.322 e. The van der Waals surface area contributed by atoms with Gasteiger partial charge in [-0.3, -0.25) is 29.8 Å². The van der Waals surface area contributed by atoms with Crippen LogP contribution in [0.3, 0.4) is 0 Å². The van der Waals surface area contributed by atoms with Crippen LogP contribution in [0.15, 0.2) is 48.5 Å². The van der Waals surface area contributed by atoms with Gasteiger partial charge < -0.3 is 21.3 Å². The highest BCUT2D eigenvalue weighted by molar-refractivity contribution is 5.85. The summed E-state index contributed by atoms with van der Waals surface area (Å²) >= 11 is 0. The van der Waals surface area contributed by atoms with Crippen LogP contribution in [0.2, 0.25) is 0 Å². The number of halogens is 1. The van der Waals surface area contributed by atoms with Crippen molar-refractivity contribution in [3.8, 4) is 0 Å². The summed E-state index contributed by atoms with van der Waals surface area (Å²) in [6, 6.07) is 9.81. The number of ether oxygens (including phenoxy) is 1. The molecule has 2 aromatic carbocycles. The zero-order valence-electron chi connectivity index (χ0n) is 17.0. The predicted octanol–water partition coefficient (Wildman–Crippen LogP) is 1.61. The summed E-state index contributed by atoms with van der Waals surface area (Å²) in [5, 5.41) is 29.3. The molecule has 0 radical (unpaired) electrons. The number of nitrogens with two attached hydrogens (primary N) is 2. The Morgan fingerprint density at radius 1 is 0.875 bits per heavy atom. The zero-order chi connectivity index (χ0) is 23.6. The highest BCUT2D eigenvalue weighted by Gasteiger charge is 2.15. The summed E-state index contributed by atoms with van der Waals surface area (Å²) in [6.07, 6.45) is 0.456. The molecule has 0 amide bonds. The van der Waals surface area contributed by atoms with Crippen molar-refractivity contribution in [1.29, 1.82) is 0 Å². The molecular weight excluding hydrogens is 448 g/mol. The monoisotopic (exact) mass is 470 g/mol. The van der Waals surface area contributed by atoms with Crippen molar-refractivity contribution in [3.05, 3.63) is 79.9 Å². The molecule has 0 bridgehead atoms. The number of rotatable bonds is 8. The molecule has 32 heavy (non-hydrogen) atoms. The van der Waals surface area contributed by atoms with E-state index < -0.39 is 33.9 Å². The number of carboxylic acid groups (broad SMARTS) is 1. The third kappa shape index (κ3) is 9.47. The number of non-ortho nitro benzene ring substituents is 2. The molecule has 0 aliphatic carbocycles. The van der Waals surface area contributed by atoms with Gasteiger partial charge in [-0.25, -0.2) is 0 Å². The first-order valence-electron chi connectivity index (χ1n) is 8.83. The number of aliphatic carboxylic acids is 1. The van der Waals surface area contributed by atoms with Crippen molar-refractivity contribution < 1.29 is 29.3 Å². The number of esters is 1. The normalized spacial score (nSPS) is 11.6. The number of carbonyl (C=O) groups is 2. The van der Waals surface area contributed by atoms with Crippen molar-refractivity contribution in [2.75, 3.05) is 7.11 Å². The molecule has 5 N–H and O–H groups in total. The van der Waals surface area contributed by atoms with Gasteiger partial charge in [0.1, 0.15) is 12.1 Å². The van der Waals surface area contributed by atoms with Gasteiger partial charge in [-0.1, -0.05) is 24.3 Å². The second kappa shape index (κ2) is 13.6. The summed E-state index contributed by atoms with van der Waals surface area (Å²) in [5.74, 6) is -1.59. The lowest BCUT2D eigenvalue weighted by Gasteiger charge is -2.08. The van der Waals surface area contributed by atoms with Gasteiger partial charge in [-0.05, 0) is 24.0 Å². The van der Waals surface area contributed by atoms with E-state index in [4.69, 9.17) is 16.6 Å². The van der Waals surface area contributed by atoms with Crippen molar-refractivity contribution in [3.63, 3.8) is 0 Å². The van der Waals surface area contributed by atoms with Gasteiger partial charge in [0, 0.05) is 24.3 Å². The lowest BCUT2D eigenvalue weighted by Crippen LogP contribution is -2.33. The van der Waals surface area contributed by atoms with E-state index in [1.54, 1.807) is 12.1 Å². The molecule has 13 heteroatoms. The first-order chi connectivity index (χ1) is 14.5. The van der Waals surface area contributed by atoms with E-state index in [0.29, 0.717) is 12.0 Å². The summed E-state index contributed by atoms with van der Waals surface area (Å²) in [6.45, 7) is 0. The molecule has 0 spiro atoms. The minimum Gasteiger partial charge on any atom is -0.480 e. The Hall–Kier alpha value is -3.61. The minimum atomic E-state index is -1.09. The van der Waals surface area contributed by atoms with Crippen molar-refractivity contribution >= 4 is 35.7 Å². The fraction of sp³-hybridized carbons (Fsp3) is 0.263. The molecule has 0 saturated carbocycles. The molecule has 2 rings (SSSR count). The molecule has 0 saturated heterocycles. The number of hydrogen-bond donors (Lipinski definition) is 3. The Bertz CT molecular complexity index is 922. The molecular formula is C19H23ClN4O8. The van der Waals surface area contributed by atoms with Crippen LogP contribution in [0.5, 0.6) is 0 Å². The first-order valence-corrected chi connectivity index (χ1v) is 8.83. The highest BCUT2D eigenvalue weighted by atomic mass is 35.5. The summed E-state index contributed by atoms with van der Waals surface area (Å²) < 4.78 is 4.47. The quantitative estimate of drug-likeness (QED) is 0.289. The van der Waals surface area contributed by atoms with Crippen LogP contribution in [-0.2, 0) is 27.2 Å². The number of nitrogens with zero attached hydrogens (tertiary/aromatic N) is 2. The Kier molecular flexibility index (Phi) is 12.1. The Morgan fingerprint density at radius 2 is 1.22 bits per heavy atom. The van der Waals surface area contributed by atoms with E-state index in [1.807, 2.05) is 0 Å². The Balaban J connectivity index is 0.000000584. The van der Waals surface area contributed by atoms with Crippen LogP contribution in [-0.4, -0.2) is 46.1 Å². The largest absolute Gasteiger partial charge is 0.480 e. The number of nitro groups is 2. The SMILES string of the molecule is COC(=O)[C@@H](N)Cc1ccc([N+](=O)[O-])cc1.Cl.N[C@@H](Cc1ccc([N+](=O)[O-])cc1)C(=O)O. The van der Waals surface area contributed by atoms with E-state index in [0.717, 1.165) is 5.56 Å². The number of carboxylic acids is 1. The molecule has 174 valence electrons. The molecule has 0 aliphatic rings. The van der Waals surface area contributed by atoms with Crippen LogP contribution in [0.1, 0.15) is 11.1 Å². The van der Waals surface area contributed by atoms with E-state index in [1.165, 1.54) is 43.5 Å². The molecule has 2 aromatic rings. The minimum absolute atomic E-state index is 0. The van der Waals surface area contributed by atoms with Crippen LogP contribution in [0.4, 0.5) is 11.4 Å². The van der Waals surface area contributed by atoms with E-state index in [9.17, 15) is 29.8 Å². The zero-order valence-corrected chi connectivity index (χ0v) is 17.8. The first kappa shape index (κ1) is 28.4. The Morgan fingerprint density at radius 3 is 1.50 bits per heavy atom. The second-order valence-electron chi connectivity index (χ2n) is 6.33. The molecule has 0 fully saturated rings. The second-order valence-corrected chi connectivity index (χ2v) is 6.33. The van der Waals surface area contributed by atoms with Crippen LogP contribution in [0.25, 0.3) is 0 Å². The number of benzene rings is 2. The van der Waals surface area contributed by atoms with Gasteiger partial charge in [-0.15, -0.1) is 12.4 Å². The van der Waals surface area contributed by atoms with E-state index >= 15 is 0 Å². The lowest BCUT2D eigenvalue weighted by atomic mass is 10.1. The fourth-order valence-corrected chi connectivity index (χ4v) is 2.34. The van der Waals surface area contributed by atoms with Crippen molar-refractivity contribution in [2.24, 2.45) is 11.5 Å². The molecule has 0 unspecified atom stereocenters. The molecule has 0 aliphatic heterocycles. The van der Waals surface area contributed by atoms with Gasteiger partial charge in [-0.2, -0.15) is 0 Å². The number of carbonyl (C=O) groups excluding carboxylic acids is 1. The summed E-state index contributed by atoms with van der Waals surface area (Å²) in [7, 11) is 1.26. The van der Waals surface area contributed by atoms with Crippen LogP contribution < -0.4 is 11.5 Å². The molecule has 0 aromatic heterocycles. The summed E-state index contributed by atoms with van der Waals surface area (Å²) in [5.41, 5.74) is 12.3. The summed E-state index contributed by atoms with van der Waals surface area (Å²) in [4.78, 5) is 41.2. The molecule has 0 heterocycles. The average Bonchev–Trinajstić information content (AvgIpc) is 2.74. The van der Waals surface area contributed by atoms with E-state index in [-0.39, 0.29) is 30.2 Å². The molecule has 2 atom stereocenters. The standard InChI is InChI=1S/C10H12N2O4.C9H10N2O4.ClH/c1-16-10(13)9(11)6-7-2-4-8(5-3-7)12(14)15;10-8(9(12)13)5-6-1-3-7(4-2-6)11(14)15;/h2-5,9H,6,11H2,1H3;1-4,8H,5,10H2,(H,12,13);1H/t9-;8-;/m00./s1. The maximum atomic E-state index is 11.0. The van der Waals surface area contributed by atoms with Crippen molar-refractivity contribution in [1.82, 2.24) is 0 Å².